The molecule has 0 radical (unpaired) electrons. The van der Waals surface area contributed by atoms with Crippen LogP contribution in [0.4, 0.5) is 10.5 Å². The molecular weight excluding hydrogens is 336 g/mol. The highest BCUT2D eigenvalue weighted by Crippen LogP contribution is 2.22. The van der Waals surface area contributed by atoms with Crippen molar-refractivity contribution >= 4 is 23.6 Å². The summed E-state index contributed by atoms with van der Waals surface area (Å²) in [6.45, 7) is 1.10. The lowest BCUT2D eigenvalue weighted by atomic mass is 10.0. The Balaban J connectivity index is 1.63. The van der Waals surface area contributed by atoms with Gasteiger partial charge in [0.15, 0.2) is 0 Å². The quantitative estimate of drug-likeness (QED) is 0.844. The van der Waals surface area contributed by atoms with Gasteiger partial charge < -0.3 is 20.2 Å². The molecule has 2 saturated heterocycles. The molecule has 2 fully saturated rings. The second-order valence-corrected chi connectivity index (χ2v) is 6.56. The van der Waals surface area contributed by atoms with Crippen LogP contribution in [-0.2, 0) is 9.59 Å². The molecule has 2 aliphatic rings. The van der Waals surface area contributed by atoms with E-state index in [2.05, 4.69) is 5.32 Å². The van der Waals surface area contributed by atoms with Crippen LogP contribution in [0, 0.1) is 17.2 Å². The number of carbonyl (C=O) groups is 3. The number of rotatable bonds is 3. The maximum atomic E-state index is 12.7. The molecule has 0 bridgehead atoms. The number of piperidine rings is 1. The largest absolute Gasteiger partial charge is 0.481 e. The van der Waals surface area contributed by atoms with Crippen molar-refractivity contribution in [3.63, 3.8) is 0 Å². The van der Waals surface area contributed by atoms with Crippen molar-refractivity contribution in [2.45, 2.75) is 25.3 Å². The molecule has 0 saturated carbocycles. The van der Waals surface area contributed by atoms with Crippen molar-refractivity contribution in [2.75, 3.05) is 24.5 Å². The van der Waals surface area contributed by atoms with Gasteiger partial charge in [-0.05, 0) is 43.5 Å². The Kier molecular flexibility index (Phi) is 5.07. The van der Waals surface area contributed by atoms with Gasteiger partial charge in [-0.3, -0.25) is 9.59 Å². The fourth-order valence-corrected chi connectivity index (χ4v) is 3.37. The number of anilines is 1. The Morgan fingerprint density at radius 2 is 1.92 bits per heavy atom. The van der Waals surface area contributed by atoms with Crippen LogP contribution in [0.1, 0.15) is 24.8 Å². The van der Waals surface area contributed by atoms with Gasteiger partial charge in [0.05, 0.1) is 17.6 Å². The standard InChI is InChI=1S/C18H20N4O4/c19-10-12-3-5-14(6-4-12)22-8-1-2-15(16(22)23)20-18(26)21-9-7-13(11-21)17(24)25/h3-6,13,15H,1-2,7-9,11H2,(H,20,26)(H,24,25). The summed E-state index contributed by atoms with van der Waals surface area (Å²) in [5.41, 5.74) is 1.21. The lowest BCUT2D eigenvalue weighted by Crippen LogP contribution is -2.55. The smallest absolute Gasteiger partial charge is 0.318 e. The number of carboxylic acids is 1. The molecule has 2 N–H and O–H groups in total. The maximum Gasteiger partial charge on any atom is 0.318 e. The van der Waals surface area contributed by atoms with Gasteiger partial charge >= 0.3 is 12.0 Å². The summed E-state index contributed by atoms with van der Waals surface area (Å²) in [6, 6.07) is 7.76. The zero-order chi connectivity index (χ0) is 18.7. The van der Waals surface area contributed by atoms with E-state index in [0.29, 0.717) is 37.2 Å². The number of nitrogens with one attached hydrogen (secondary N) is 1. The number of amides is 3. The molecule has 26 heavy (non-hydrogen) atoms. The van der Waals surface area contributed by atoms with Gasteiger partial charge in [-0.2, -0.15) is 5.26 Å². The first-order valence-corrected chi connectivity index (χ1v) is 8.59. The summed E-state index contributed by atoms with van der Waals surface area (Å²) in [5, 5.41) is 20.6. The van der Waals surface area contributed by atoms with E-state index in [-0.39, 0.29) is 12.5 Å². The van der Waals surface area contributed by atoms with E-state index >= 15 is 0 Å². The lowest BCUT2D eigenvalue weighted by molar-refractivity contribution is -0.141. The molecule has 3 amide bonds. The summed E-state index contributed by atoms with van der Waals surface area (Å²) >= 11 is 0. The van der Waals surface area contributed by atoms with E-state index in [9.17, 15) is 14.4 Å². The lowest BCUT2D eigenvalue weighted by Gasteiger charge is -2.33. The normalized spacial score (nSPS) is 22.8. The highest BCUT2D eigenvalue weighted by molar-refractivity contribution is 5.99. The van der Waals surface area contributed by atoms with Gasteiger partial charge in [-0.1, -0.05) is 0 Å². The summed E-state index contributed by atoms with van der Waals surface area (Å²) in [4.78, 5) is 39.2. The van der Waals surface area contributed by atoms with E-state index < -0.39 is 24.0 Å². The molecular formula is C18H20N4O4. The number of nitriles is 1. The Bertz CT molecular complexity index is 755. The van der Waals surface area contributed by atoms with Crippen LogP contribution in [0.15, 0.2) is 24.3 Å². The van der Waals surface area contributed by atoms with Crippen LogP contribution >= 0.6 is 0 Å². The zero-order valence-corrected chi connectivity index (χ0v) is 14.2. The minimum absolute atomic E-state index is 0.168. The highest BCUT2D eigenvalue weighted by Gasteiger charge is 2.35. The number of carboxylic acid groups (broad SMARTS) is 1. The van der Waals surface area contributed by atoms with Crippen molar-refractivity contribution in [1.29, 1.82) is 5.26 Å². The molecule has 2 heterocycles. The number of carbonyl (C=O) groups excluding carboxylic acids is 2. The molecule has 3 rings (SSSR count). The van der Waals surface area contributed by atoms with Crippen molar-refractivity contribution in [3.8, 4) is 6.07 Å². The number of hydrogen-bond donors (Lipinski definition) is 2. The van der Waals surface area contributed by atoms with Crippen molar-refractivity contribution in [2.24, 2.45) is 5.92 Å². The molecule has 136 valence electrons. The summed E-state index contributed by atoms with van der Waals surface area (Å²) in [6.07, 6.45) is 1.72. The average molecular weight is 356 g/mol. The molecule has 1 aromatic carbocycles. The number of likely N-dealkylation sites (tertiary alicyclic amines) is 1. The zero-order valence-electron chi connectivity index (χ0n) is 14.2. The van der Waals surface area contributed by atoms with Crippen molar-refractivity contribution < 1.29 is 19.5 Å². The first-order valence-electron chi connectivity index (χ1n) is 8.59. The van der Waals surface area contributed by atoms with Crippen LogP contribution in [-0.4, -0.2) is 53.6 Å². The molecule has 8 heteroatoms. The molecule has 0 spiro atoms. The first kappa shape index (κ1) is 17.7. The Morgan fingerprint density at radius 1 is 1.19 bits per heavy atom. The minimum atomic E-state index is -0.902. The van der Waals surface area contributed by atoms with Crippen LogP contribution in [0.25, 0.3) is 0 Å². The average Bonchev–Trinajstić information content (AvgIpc) is 3.14. The predicted molar refractivity (Wildman–Crippen MR) is 92.4 cm³/mol. The van der Waals surface area contributed by atoms with Gasteiger partial charge in [0.2, 0.25) is 5.91 Å². The molecule has 0 aromatic heterocycles. The van der Waals surface area contributed by atoms with Crippen LogP contribution < -0.4 is 10.2 Å². The summed E-state index contributed by atoms with van der Waals surface area (Å²) < 4.78 is 0. The minimum Gasteiger partial charge on any atom is -0.481 e. The molecule has 1 aromatic rings. The monoisotopic (exact) mass is 356 g/mol. The third-order valence-corrected chi connectivity index (χ3v) is 4.87. The van der Waals surface area contributed by atoms with Gasteiger partial charge in [-0.25, -0.2) is 4.79 Å². The van der Waals surface area contributed by atoms with E-state index in [1.165, 1.54) is 4.90 Å². The second kappa shape index (κ2) is 7.44. The van der Waals surface area contributed by atoms with Gasteiger partial charge in [-0.15, -0.1) is 0 Å². The van der Waals surface area contributed by atoms with Gasteiger partial charge in [0.25, 0.3) is 0 Å². The van der Waals surface area contributed by atoms with Crippen LogP contribution in [0.3, 0.4) is 0 Å². The van der Waals surface area contributed by atoms with Crippen molar-refractivity contribution in [1.82, 2.24) is 10.2 Å². The Labute approximate surface area is 151 Å². The maximum absolute atomic E-state index is 12.7. The van der Waals surface area contributed by atoms with E-state index in [4.69, 9.17) is 10.4 Å². The third-order valence-electron chi connectivity index (χ3n) is 4.87. The SMILES string of the molecule is N#Cc1ccc(N2CCCC(NC(=O)N3CCC(C(=O)O)C3)C2=O)cc1. The summed E-state index contributed by atoms with van der Waals surface area (Å²) in [7, 11) is 0. The van der Waals surface area contributed by atoms with Crippen molar-refractivity contribution in [3.05, 3.63) is 29.8 Å². The Hall–Kier alpha value is -3.08. The van der Waals surface area contributed by atoms with Crippen LogP contribution in [0.2, 0.25) is 0 Å². The summed E-state index contributed by atoms with van der Waals surface area (Å²) in [5.74, 6) is -1.64. The number of benzene rings is 1. The fraction of sp³-hybridized carbons (Fsp3) is 0.444. The number of hydrogen-bond acceptors (Lipinski definition) is 4. The van der Waals surface area contributed by atoms with Gasteiger partial charge in [0.1, 0.15) is 6.04 Å². The number of aliphatic carboxylic acids is 1. The third kappa shape index (κ3) is 3.61. The molecule has 2 aliphatic heterocycles. The molecule has 8 nitrogen and oxygen atoms in total. The van der Waals surface area contributed by atoms with Crippen LogP contribution in [0.5, 0.6) is 0 Å². The molecule has 2 unspecified atom stereocenters. The fourth-order valence-electron chi connectivity index (χ4n) is 3.37. The highest BCUT2D eigenvalue weighted by atomic mass is 16.4. The second-order valence-electron chi connectivity index (χ2n) is 6.56. The Morgan fingerprint density at radius 3 is 2.54 bits per heavy atom. The predicted octanol–water partition coefficient (Wildman–Crippen LogP) is 1.17. The first-order chi connectivity index (χ1) is 12.5. The topological polar surface area (TPSA) is 114 Å². The molecule has 0 aliphatic carbocycles. The van der Waals surface area contributed by atoms with E-state index in [1.54, 1.807) is 29.2 Å². The number of nitrogens with zero attached hydrogens (tertiary/aromatic N) is 3. The number of urea groups is 1. The van der Waals surface area contributed by atoms with Gasteiger partial charge in [0, 0.05) is 25.3 Å². The van der Waals surface area contributed by atoms with E-state index in [1.807, 2.05) is 6.07 Å². The molecule has 2 atom stereocenters. The van der Waals surface area contributed by atoms with E-state index in [0.717, 1.165) is 6.42 Å².